The summed E-state index contributed by atoms with van der Waals surface area (Å²) in [5.41, 5.74) is 4.17. The Hall–Kier alpha value is -2.75. The normalized spacial score (nSPS) is 14.4. The van der Waals surface area contributed by atoms with Crippen LogP contribution in [0.1, 0.15) is 31.4 Å². The van der Waals surface area contributed by atoms with Crippen molar-refractivity contribution in [2.75, 3.05) is 43.8 Å². The van der Waals surface area contributed by atoms with Gasteiger partial charge in [-0.15, -0.1) is 11.3 Å². The van der Waals surface area contributed by atoms with E-state index in [1.165, 1.54) is 11.8 Å². The van der Waals surface area contributed by atoms with E-state index < -0.39 is 0 Å². The van der Waals surface area contributed by atoms with E-state index in [9.17, 15) is 9.59 Å². The lowest BCUT2D eigenvalue weighted by Gasteiger charge is -2.22. The molecule has 3 heterocycles. The van der Waals surface area contributed by atoms with Gasteiger partial charge in [0.1, 0.15) is 0 Å². The molecule has 1 aliphatic heterocycles. The zero-order chi connectivity index (χ0) is 25.3. The highest BCUT2D eigenvalue weighted by atomic mass is 32.2. The maximum Gasteiger partial charge on any atom is 0.238 e. The standard InChI is InChI=1S/C27H33N5O2S2/c1-3-20-8-5-9-21(4-2)26(20)30-24(33)18-31-13-7-14-32(16-15-31)25(34)19-36-27-28-12-11-22(29-27)23-10-6-17-35-23/h5-6,8-12,17H,3-4,7,13-16,18-19H2,1-2H3,(H,30,33). The summed E-state index contributed by atoms with van der Waals surface area (Å²) in [7, 11) is 0. The van der Waals surface area contributed by atoms with Crippen molar-refractivity contribution in [2.24, 2.45) is 0 Å². The van der Waals surface area contributed by atoms with Gasteiger partial charge in [0.15, 0.2) is 5.16 Å². The monoisotopic (exact) mass is 523 g/mol. The Balaban J connectivity index is 1.27. The quantitative estimate of drug-likeness (QED) is 0.326. The Bertz CT molecular complexity index is 1150. The molecule has 2 aromatic heterocycles. The van der Waals surface area contributed by atoms with Crippen molar-refractivity contribution in [3.8, 4) is 10.6 Å². The van der Waals surface area contributed by atoms with Crippen molar-refractivity contribution in [2.45, 2.75) is 38.3 Å². The van der Waals surface area contributed by atoms with Crippen LogP contribution in [0, 0.1) is 0 Å². The van der Waals surface area contributed by atoms with Crippen LogP contribution in [0.25, 0.3) is 10.6 Å². The van der Waals surface area contributed by atoms with E-state index in [4.69, 9.17) is 0 Å². The first-order valence-electron chi connectivity index (χ1n) is 12.5. The van der Waals surface area contributed by atoms with Crippen molar-refractivity contribution in [1.29, 1.82) is 0 Å². The molecular formula is C27H33N5O2S2. The second-order valence-corrected chi connectivity index (χ2v) is 10.6. The molecule has 36 heavy (non-hydrogen) atoms. The van der Waals surface area contributed by atoms with Gasteiger partial charge >= 0.3 is 0 Å². The van der Waals surface area contributed by atoms with Crippen molar-refractivity contribution in [1.82, 2.24) is 19.8 Å². The van der Waals surface area contributed by atoms with Crippen LogP contribution < -0.4 is 5.32 Å². The average molecular weight is 524 g/mol. The number of nitrogens with one attached hydrogen (secondary N) is 1. The number of carbonyl (C=O) groups is 2. The fourth-order valence-electron chi connectivity index (χ4n) is 4.35. The molecule has 2 amide bonds. The Morgan fingerprint density at radius 3 is 2.56 bits per heavy atom. The number of nitrogens with zero attached hydrogens (tertiary/aromatic N) is 4. The minimum absolute atomic E-state index is 0.00343. The molecule has 0 aliphatic carbocycles. The maximum absolute atomic E-state index is 12.9. The fourth-order valence-corrected chi connectivity index (χ4v) is 5.78. The predicted octanol–water partition coefficient (Wildman–Crippen LogP) is 4.60. The number of anilines is 1. The van der Waals surface area contributed by atoms with Gasteiger partial charge in [-0.1, -0.05) is 49.9 Å². The molecule has 1 N–H and O–H groups in total. The van der Waals surface area contributed by atoms with Gasteiger partial charge in [0.05, 0.1) is 22.9 Å². The summed E-state index contributed by atoms with van der Waals surface area (Å²) < 4.78 is 0. The number of thiophene rings is 1. The van der Waals surface area contributed by atoms with Crippen molar-refractivity contribution in [3.63, 3.8) is 0 Å². The Kier molecular flexibility index (Phi) is 9.49. The third-order valence-corrected chi connectivity index (χ3v) is 8.04. The van der Waals surface area contributed by atoms with Crippen LogP contribution in [0.2, 0.25) is 0 Å². The summed E-state index contributed by atoms with van der Waals surface area (Å²) >= 11 is 3.01. The molecule has 1 aromatic carbocycles. The number of aryl methyl sites for hydroxylation is 2. The molecule has 1 fully saturated rings. The molecule has 3 aromatic rings. The first-order valence-corrected chi connectivity index (χ1v) is 14.3. The zero-order valence-corrected chi connectivity index (χ0v) is 22.5. The van der Waals surface area contributed by atoms with Crippen molar-refractivity contribution in [3.05, 3.63) is 59.1 Å². The zero-order valence-electron chi connectivity index (χ0n) is 20.9. The number of carbonyl (C=O) groups excluding carboxylic acids is 2. The molecule has 0 spiro atoms. The Morgan fingerprint density at radius 2 is 1.83 bits per heavy atom. The van der Waals surface area contributed by atoms with Gasteiger partial charge in [-0.25, -0.2) is 9.97 Å². The van der Waals surface area contributed by atoms with E-state index in [-0.39, 0.29) is 11.8 Å². The molecule has 0 bridgehead atoms. The maximum atomic E-state index is 12.9. The fraction of sp³-hybridized carbons (Fsp3) is 0.407. The lowest BCUT2D eigenvalue weighted by atomic mass is 10.0. The highest BCUT2D eigenvalue weighted by Gasteiger charge is 2.21. The summed E-state index contributed by atoms with van der Waals surface area (Å²) in [5.74, 6) is 0.395. The third kappa shape index (κ3) is 6.93. The number of hydrogen-bond donors (Lipinski definition) is 1. The molecule has 1 saturated heterocycles. The first-order chi connectivity index (χ1) is 17.6. The Morgan fingerprint density at radius 1 is 1.03 bits per heavy atom. The molecule has 9 heteroatoms. The number of thioether (sulfide) groups is 1. The smallest absolute Gasteiger partial charge is 0.238 e. The number of aromatic nitrogens is 2. The van der Waals surface area contributed by atoms with Gasteiger partial charge < -0.3 is 10.2 Å². The van der Waals surface area contributed by atoms with E-state index in [1.807, 2.05) is 28.5 Å². The van der Waals surface area contributed by atoms with Crippen LogP contribution in [-0.2, 0) is 22.4 Å². The minimum Gasteiger partial charge on any atom is -0.341 e. The topological polar surface area (TPSA) is 78.4 Å². The lowest BCUT2D eigenvalue weighted by molar-refractivity contribution is -0.128. The second-order valence-electron chi connectivity index (χ2n) is 8.71. The number of rotatable bonds is 9. The molecule has 0 saturated carbocycles. The molecule has 7 nitrogen and oxygen atoms in total. The van der Waals surface area contributed by atoms with Crippen molar-refractivity contribution >= 4 is 40.6 Å². The van der Waals surface area contributed by atoms with Crippen LogP contribution >= 0.6 is 23.1 Å². The van der Waals surface area contributed by atoms with Crippen LogP contribution in [0.15, 0.2) is 53.1 Å². The van der Waals surface area contributed by atoms with E-state index in [2.05, 4.69) is 52.2 Å². The lowest BCUT2D eigenvalue weighted by Crippen LogP contribution is -2.38. The van der Waals surface area contributed by atoms with Crippen LogP contribution in [0.4, 0.5) is 5.69 Å². The molecule has 190 valence electrons. The van der Waals surface area contributed by atoms with Crippen LogP contribution in [-0.4, -0.2) is 70.1 Å². The highest BCUT2D eigenvalue weighted by Crippen LogP contribution is 2.25. The predicted molar refractivity (Wildman–Crippen MR) is 148 cm³/mol. The Labute approximate surface area is 221 Å². The number of hydrogen-bond acceptors (Lipinski definition) is 7. The van der Waals surface area contributed by atoms with Gasteiger partial charge in [-0.3, -0.25) is 14.5 Å². The number of benzene rings is 1. The molecule has 0 radical (unpaired) electrons. The second kappa shape index (κ2) is 13.0. The summed E-state index contributed by atoms with van der Waals surface area (Å²) in [6.45, 7) is 7.35. The number of para-hydroxylation sites is 1. The summed E-state index contributed by atoms with van der Waals surface area (Å²) in [6.07, 6.45) is 4.35. The molecular weight excluding hydrogens is 490 g/mol. The summed E-state index contributed by atoms with van der Waals surface area (Å²) in [5, 5.41) is 5.79. The SMILES string of the molecule is CCc1cccc(CC)c1NC(=O)CN1CCCN(C(=O)CSc2nccc(-c3cccs3)n2)CC1. The average Bonchev–Trinajstić information content (AvgIpc) is 3.34. The van der Waals surface area contributed by atoms with E-state index in [0.29, 0.717) is 37.1 Å². The minimum atomic E-state index is 0.00343. The van der Waals surface area contributed by atoms with Gasteiger partial charge in [-0.05, 0) is 47.9 Å². The van der Waals surface area contributed by atoms with Gasteiger partial charge in [-0.2, -0.15) is 0 Å². The highest BCUT2D eigenvalue weighted by molar-refractivity contribution is 7.99. The van der Waals surface area contributed by atoms with Gasteiger partial charge in [0, 0.05) is 38.1 Å². The van der Waals surface area contributed by atoms with Gasteiger partial charge in [0.25, 0.3) is 0 Å². The van der Waals surface area contributed by atoms with Crippen molar-refractivity contribution < 1.29 is 9.59 Å². The van der Waals surface area contributed by atoms with E-state index in [1.54, 1.807) is 17.5 Å². The molecule has 0 atom stereocenters. The summed E-state index contributed by atoms with van der Waals surface area (Å²) in [4.78, 5) is 39.8. The van der Waals surface area contributed by atoms with E-state index in [0.717, 1.165) is 53.2 Å². The first kappa shape index (κ1) is 26.3. The number of amides is 2. The molecule has 0 unspecified atom stereocenters. The van der Waals surface area contributed by atoms with Gasteiger partial charge in [0.2, 0.25) is 11.8 Å². The van der Waals surface area contributed by atoms with Crippen LogP contribution in [0.3, 0.4) is 0 Å². The third-order valence-electron chi connectivity index (χ3n) is 6.30. The molecule has 4 rings (SSSR count). The molecule has 1 aliphatic rings. The van der Waals surface area contributed by atoms with Crippen LogP contribution in [0.5, 0.6) is 0 Å². The summed E-state index contributed by atoms with van der Waals surface area (Å²) in [6, 6.07) is 12.1. The van der Waals surface area contributed by atoms with E-state index >= 15 is 0 Å². The largest absolute Gasteiger partial charge is 0.341 e.